The standard InChI is InChI=1S/C30H34ClFN4/c1-21(2)18-34-27-12-13-29(28(31)16-27)36-15-14-35(20-30(36)25-8-10-26(32)11-9-25)19-22(3)24-6-4-23(17-33)5-7-24/h4-13,16,21-22,30,34H,14-15,18-20H2,1-3H3/t22-,30-/m0/s1. The highest BCUT2D eigenvalue weighted by atomic mass is 35.5. The Kier molecular flexibility index (Phi) is 8.51. The van der Waals surface area contributed by atoms with Gasteiger partial charge in [0.2, 0.25) is 0 Å². The lowest BCUT2D eigenvalue weighted by atomic mass is 9.97. The molecule has 0 saturated carbocycles. The molecule has 0 amide bonds. The van der Waals surface area contributed by atoms with E-state index in [2.05, 4.69) is 54.1 Å². The van der Waals surface area contributed by atoms with Crippen molar-refractivity contribution >= 4 is 23.0 Å². The normalized spacial score (nSPS) is 17.1. The zero-order chi connectivity index (χ0) is 25.7. The highest BCUT2D eigenvalue weighted by Gasteiger charge is 2.30. The van der Waals surface area contributed by atoms with Crippen LogP contribution in [0.4, 0.5) is 15.8 Å². The van der Waals surface area contributed by atoms with E-state index >= 15 is 0 Å². The predicted molar refractivity (Wildman–Crippen MR) is 147 cm³/mol. The number of hydrogen-bond donors (Lipinski definition) is 1. The second kappa shape index (κ2) is 11.8. The van der Waals surface area contributed by atoms with E-state index < -0.39 is 0 Å². The Hall–Kier alpha value is -3.07. The van der Waals surface area contributed by atoms with Gasteiger partial charge in [-0.2, -0.15) is 5.26 Å². The Bertz CT molecular complexity index is 1190. The predicted octanol–water partition coefficient (Wildman–Crippen LogP) is 7.09. The van der Waals surface area contributed by atoms with E-state index in [4.69, 9.17) is 16.9 Å². The fourth-order valence-corrected chi connectivity index (χ4v) is 5.10. The molecule has 1 N–H and O–H groups in total. The van der Waals surface area contributed by atoms with Crippen molar-refractivity contribution in [3.8, 4) is 6.07 Å². The molecule has 1 aliphatic heterocycles. The van der Waals surface area contributed by atoms with E-state index in [-0.39, 0.29) is 11.9 Å². The molecule has 4 nitrogen and oxygen atoms in total. The van der Waals surface area contributed by atoms with E-state index in [0.717, 1.165) is 54.7 Å². The molecule has 4 rings (SSSR count). The van der Waals surface area contributed by atoms with Crippen molar-refractivity contribution < 1.29 is 4.39 Å². The summed E-state index contributed by atoms with van der Waals surface area (Å²) < 4.78 is 13.7. The summed E-state index contributed by atoms with van der Waals surface area (Å²) in [6, 6.07) is 23.1. The largest absolute Gasteiger partial charge is 0.385 e. The lowest BCUT2D eigenvalue weighted by Gasteiger charge is -2.44. The van der Waals surface area contributed by atoms with E-state index in [1.165, 1.54) is 17.7 Å². The number of benzene rings is 3. The number of nitrogens with zero attached hydrogens (tertiary/aromatic N) is 3. The highest BCUT2D eigenvalue weighted by Crippen LogP contribution is 2.37. The summed E-state index contributed by atoms with van der Waals surface area (Å²) in [4.78, 5) is 4.82. The molecule has 188 valence electrons. The minimum Gasteiger partial charge on any atom is -0.385 e. The van der Waals surface area contributed by atoms with Crippen molar-refractivity contribution in [2.45, 2.75) is 32.7 Å². The van der Waals surface area contributed by atoms with Gasteiger partial charge in [0.25, 0.3) is 0 Å². The van der Waals surface area contributed by atoms with Crippen LogP contribution in [0.5, 0.6) is 0 Å². The van der Waals surface area contributed by atoms with Gasteiger partial charge < -0.3 is 10.2 Å². The first kappa shape index (κ1) is 26.0. The smallest absolute Gasteiger partial charge is 0.123 e. The molecule has 3 aromatic carbocycles. The van der Waals surface area contributed by atoms with Crippen LogP contribution in [0, 0.1) is 23.1 Å². The third-order valence-electron chi connectivity index (χ3n) is 6.83. The second-order valence-corrected chi connectivity index (χ2v) is 10.5. The lowest BCUT2D eigenvalue weighted by Crippen LogP contribution is -2.49. The summed E-state index contributed by atoms with van der Waals surface area (Å²) in [7, 11) is 0. The molecule has 36 heavy (non-hydrogen) atoms. The van der Waals surface area contributed by atoms with Crippen LogP contribution >= 0.6 is 11.6 Å². The van der Waals surface area contributed by atoms with Crippen LogP contribution in [-0.2, 0) is 0 Å². The van der Waals surface area contributed by atoms with Gasteiger partial charge in [0.15, 0.2) is 0 Å². The topological polar surface area (TPSA) is 42.3 Å². The highest BCUT2D eigenvalue weighted by molar-refractivity contribution is 6.33. The number of hydrogen-bond acceptors (Lipinski definition) is 4. The maximum Gasteiger partial charge on any atom is 0.123 e. The molecule has 6 heteroatoms. The van der Waals surface area contributed by atoms with Crippen molar-refractivity contribution in [3.05, 3.63) is 94.3 Å². The molecule has 3 aromatic rings. The number of rotatable bonds is 8. The van der Waals surface area contributed by atoms with Crippen LogP contribution in [0.3, 0.4) is 0 Å². The Morgan fingerprint density at radius 2 is 1.75 bits per heavy atom. The SMILES string of the molecule is CC(C)CNc1ccc(N2CCN(C[C@H](C)c3ccc(C#N)cc3)C[C@H]2c2ccc(F)cc2)c(Cl)c1. The number of halogens is 2. The quantitative estimate of drug-likeness (QED) is 0.355. The fraction of sp³-hybridized carbons (Fsp3) is 0.367. The molecule has 0 unspecified atom stereocenters. The molecule has 0 aliphatic carbocycles. The first-order valence-electron chi connectivity index (χ1n) is 12.6. The van der Waals surface area contributed by atoms with Crippen molar-refractivity contribution in [3.63, 3.8) is 0 Å². The van der Waals surface area contributed by atoms with Gasteiger partial charge in [-0.3, -0.25) is 4.90 Å². The molecular weight excluding hydrogens is 471 g/mol. The van der Waals surface area contributed by atoms with Gasteiger partial charge in [-0.25, -0.2) is 4.39 Å². The molecule has 0 spiro atoms. The molecule has 0 bridgehead atoms. The van der Waals surface area contributed by atoms with Crippen LogP contribution in [0.25, 0.3) is 0 Å². The summed E-state index contributed by atoms with van der Waals surface area (Å²) in [5.74, 6) is 0.644. The Morgan fingerprint density at radius 3 is 2.39 bits per heavy atom. The van der Waals surface area contributed by atoms with Gasteiger partial charge in [0.05, 0.1) is 28.4 Å². The number of nitriles is 1. The molecule has 0 radical (unpaired) electrons. The molecular formula is C30H34ClFN4. The van der Waals surface area contributed by atoms with Gasteiger partial charge in [-0.1, -0.05) is 56.6 Å². The summed E-state index contributed by atoms with van der Waals surface area (Å²) in [6.45, 7) is 10.9. The van der Waals surface area contributed by atoms with Crippen molar-refractivity contribution in [2.24, 2.45) is 5.92 Å². The van der Waals surface area contributed by atoms with Crippen LogP contribution in [0.1, 0.15) is 49.4 Å². The molecule has 0 aromatic heterocycles. The minimum absolute atomic E-state index is 0.0551. The fourth-order valence-electron chi connectivity index (χ4n) is 4.81. The van der Waals surface area contributed by atoms with E-state index in [0.29, 0.717) is 17.4 Å². The average Bonchev–Trinajstić information content (AvgIpc) is 2.88. The molecule has 1 aliphatic rings. The Morgan fingerprint density at radius 1 is 1.03 bits per heavy atom. The molecule has 1 fully saturated rings. The van der Waals surface area contributed by atoms with Crippen LogP contribution in [0.2, 0.25) is 5.02 Å². The third-order valence-corrected chi connectivity index (χ3v) is 7.13. The molecule has 1 heterocycles. The summed E-state index contributed by atoms with van der Waals surface area (Å²) in [6.07, 6.45) is 0. The van der Waals surface area contributed by atoms with Gasteiger partial charge in [0, 0.05) is 38.4 Å². The van der Waals surface area contributed by atoms with Crippen molar-refractivity contribution in [1.29, 1.82) is 5.26 Å². The van der Waals surface area contributed by atoms with Gasteiger partial charge in [0.1, 0.15) is 5.82 Å². The number of piperazine rings is 1. The summed E-state index contributed by atoms with van der Waals surface area (Å²) in [5, 5.41) is 13.2. The van der Waals surface area contributed by atoms with Crippen LogP contribution in [0.15, 0.2) is 66.7 Å². The maximum absolute atomic E-state index is 13.7. The second-order valence-electron chi connectivity index (χ2n) is 10.1. The maximum atomic E-state index is 13.7. The summed E-state index contributed by atoms with van der Waals surface area (Å²) >= 11 is 6.80. The molecule has 2 atom stereocenters. The summed E-state index contributed by atoms with van der Waals surface area (Å²) in [5.41, 5.74) is 5.00. The van der Waals surface area contributed by atoms with Crippen LogP contribution in [-0.4, -0.2) is 37.6 Å². The third kappa shape index (κ3) is 6.37. The van der Waals surface area contributed by atoms with Gasteiger partial charge >= 0.3 is 0 Å². The number of anilines is 2. The zero-order valence-corrected chi connectivity index (χ0v) is 22.0. The van der Waals surface area contributed by atoms with Gasteiger partial charge in [-0.05, 0) is 65.4 Å². The van der Waals surface area contributed by atoms with Gasteiger partial charge in [-0.15, -0.1) is 0 Å². The first-order chi connectivity index (χ1) is 17.3. The first-order valence-corrected chi connectivity index (χ1v) is 13.0. The van der Waals surface area contributed by atoms with E-state index in [9.17, 15) is 4.39 Å². The Balaban J connectivity index is 1.54. The van der Waals surface area contributed by atoms with Crippen LogP contribution < -0.4 is 10.2 Å². The Labute approximate surface area is 219 Å². The minimum atomic E-state index is -0.231. The molecule has 1 saturated heterocycles. The zero-order valence-electron chi connectivity index (χ0n) is 21.2. The van der Waals surface area contributed by atoms with Crippen molar-refractivity contribution in [1.82, 2.24) is 4.90 Å². The van der Waals surface area contributed by atoms with E-state index in [1.807, 2.05) is 42.5 Å². The van der Waals surface area contributed by atoms with Crippen molar-refractivity contribution in [2.75, 3.05) is 42.9 Å². The monoisotopic (exact) mass is 504 g/mol. The average molecular weight is 505 g/mol. The lowest BCUT2D eigenvalue weighted by molar-refractivity contribution is 0.214. The number of nitrogens with one attached hydrogen (secondary N) is 1. The van der Waals surface area contributed by atoms with E-state index in [1.54, 1.807) is 0 Å².